The van der Waals surface area contributed by atoms with E-state index in [1.807, 2.05) is 0 Å². The summed E-state index contributed by atoms with van der Waals surface area (Å²) in [6.07, 6.45) is 0. The molecule has 0 aliphatic carbocycles. The molecular formula is C3H12N4O. The van der Waals surface area contributed by atoms with E-state index in [1.54, 1.807) is 7.05 Å². The van der Waals surface area contributed by atoms with Crippen LogP contribution in [-0.2, 0) is 4.79 Å². The number of likely N-dealkylation sites (N-methyl/N-ethyl adjacent to an activating group) is 1. The molecule has 0 aliphatic heterocycles. The predicted octanol–water partition coefficient (Wildman–Crippen LogP) is -2.49. The summed E-state index contributed by atoms with van der Waals surface area (Å²) >= 11 is 0. The van der Waals surface area contributed by atoms with Crippen LogP contribution >= 0.6 is 0 Å². The smallest absolute Gasteiger partial charge is 0.231 e. The lowest BCUT2D eigenvalue weighted by atomic mass is 10.6. The van der Waals surface area contributed by atoms with Crippen LogP contribution in [0.15, 0.2) is 0 Å². The molecule has 50 valence electrons. The van der Waals surface area contributed by atoms with Gasteiger partial charge in [0.2, 0.25) is 5.91 Å². The first-order valence-corrected chi connectivity index (χ1v) is 2.03. The van der Waals surface area contributed by atoms with E-state index < -0.39 is 0 Å². The van der Waals surface area contributed by atoms with Gasteiger partial charge in [0.05, 0.1) is 6.54 Å². The van der Waals surface area contributed by atoms with Crippen LogP contribution in [0, 0.1) is 0 Å². The van der Waals surface area contributed by atoms with Crippen LogP contribution in [-0.4, -0.2) is 19.5 Å². The maximum atomic E-state index is 9.76. The Morgan fingerprint density at radius 1 is 1.62 bits per heavy atom. The van der Waals surface area contributed by atoms with Crippen molar-refractivity contribution in [1.29, 1.82) is 0 Å². The number of nitrogens with two attached hydrogens (primary N) is 3. The van der Waals surface area contributed by atoms with Crippen molar-refractivity contribution >= 4 is 5.91 Å². The molecule has 0 spiro atoms. The summed E-state index contributed by atoms with van der Waals surface area (Å²) < 4.78 is 0. The first-order chi connectivity index (χ1) is 3.77. The molecule has 0 aromatic heterocycles. The zero-order chi connectivity index (χ0) is 6.99. The summed E-state index contributed by atoms with van der Waals surface area (Å²) in [6.45, 7) is 0.264. The Morgan fingerprint density at radius 3 is 2.00 bits per heavy atom. The van der Waals surface area contributed by atoms with Crippen molar-refractivity contribution in [3.63, 3.8) is 0 Å². The summed E-state index contributed by atoms with van der Waals surface area (Å²) in [6, 6.07) is 0. The fourth-order valence-electron chi connectivity index (χ4n) is 0.174. The van der Waals surface area contributed by atoms with E-state index in [9.17, 15) is 4.79 Å². The maximum Gasteiger partial charge on any atom is 0.231 e. The van der Waals surface area contributed by atoms with Crippen molar-refractivity contribution in [2.24, 2.45) is 17.4 Å². The highest BCUT2D eigenvalue weighted by molar-refractivity contribution is 5.75. The lowest BCUT2D eigenvalue weighted by Gasteiger charge is -1.85. The van der Waals surface area contributed by atoms with Crippen LogP contribution in [0.2, 0.25) is 0 Å². The quantitative estimate of drug-likeness (QED) is 0.239. The van der Waals surface area contributed by atoms with Gasteiger partial charge in [0.1, 0.15) is 0 Å². The van der Waals surface area contributed by atoms with Crippen molar-refractivity contribution in [3.8, 4) is 0 Å². The summed E-state index contributed by atoms with van der Waals surface area (Å²) in [4.78, 5) is 9.76. The normalized spacial score (nSPS) is 6.88. The standard InChI is InChI=1S/C3H8N2O.H4N2/c1-5-2-3(4)6;1-2/h5H,2H2,1H3,(H2,4,6);1-2H2. The van der Waals surface area contributed by atoms with E-state index in [-0.39, 0.29) is 12.5 Å². The second-order valence-electron chi connectivity index (χ2n) is 0.997. The van der Waals surface area contributed by atoms with Crippen LogP contribution in [0.25, 0.3) is 0 Å². The Kier molecular flexibility index (Phi) is 12.4. The van der Waals surface area contributed by atoms with Crippen LogP contribution < -0.4 is 22.7 Å². The maximum absolute atomic E-state index is 9.76. The molecule has 0 aromatic carbocycles. The number of primary amides is 1. The molecule has 0 aliphatic rings. The molecule has 8 heavy (non-hydrogen) atoms. The van der Waals surface area contributed by atoms with Gasteiger partial charge in [-0.3, -0.25) is 16.5 Å². The minimum absolute atomic E-state index is 0.264. The average Bonchev–Trinajstić information content (AvgIpc) is 1.72. The Balaban J connectivity index is 0. The Morgan fingerprint density at radius 2 is 2.00 bits per heavy atom. The van der Waals surface area contributed by atoms with Gasteiger partial charge in [-0.1, -0.05) is 0 Å². The molecule has 0 atom stereocenters. The first kappa shape index (κ1) is 10.4. The molecule has 0 radical (unpaired) electrons. The summed E-state index contributed by atoms with van der Waals surface area (Å²) in [5, 5.41) is 2.59. The van der Waals surface area contributed by atoms with Gasteiger partial charge in [-0.15, -0.1) is 0 Å². The molecule has 7 N–H and O–H groups in total. The van der Waals surface area contributed by atoms with E-state index >= 15 is 0 Å². The molecule has 1 amide bonds. The van der Waals surface area contributed by atoms with Crippen LogP contribution in [0.1, 0.15) is 0 Å². The number of hydrazine groups is 1. The monoisotopic (exact) mass is 120 g/mol. The molecular weight excluding hydrogens is 108 g/mol. The van der Waals surface area contributed by atoms with Crippen molar-refractivity contribution in [1.82, 2.24) is 5.32 Å². The summed E-state index contributed by atoms with van der Waals surface area (Å²) in [5.74, 6) is 7.68. The van der Waals surface area contributed by atoms with Crippen molar-refractivity contribution in [2.45, 2.75) is 0 Å². The third-order valence-electron chi connectivity index (χ3n) is 0.351. The number of nitrogens with one attached hydrogen (secondary N) is 1. The molecule has 0 fully saturated rings. The third kappa shape index (κ3) is 18.3. The van der Waals surface area contributed by atoms with E-state index in [0.29, 0.717) is 0 Å². The molecule has 0 heterocycles. The van der Waals surface area contributed by atoms with Crippen LogP contribution in [0.5, 0.6) is 0 Å². The zero-order valence-corrected chi connectivity index (χ0v) is 4.85. The highest BCUT2D eigenvalue weighted by Gasteiger charge is 1.82. The second-order valence-corrected chi connectivity index (χ2v) is 0.997. The topological polar surface area (TPSA) is 107 Å². The van der Waals surface area contributed by atoms with E-state index in [4.69, 9.17) is 5.73 Å². The molecule has 0 aromatic rings. The second kappa shape index (κ2) is 9.61. The predicted molar refractivity (Wildman–Crippen MR) is 31.5 cm³/mol. The highest BCUT2D eigenvalue weighted by Crippen LogP contribution is 1.44. The highest BCUT2D eigenvalue weighted by atomic mass is 16.1. The Bertz CT molecular complexity index is 55.2. The van der Waals surface area contributed by atoms with Gasteiger partial charge in [-0.2, -0.15) is 0 Å². The number of hydrogen-bond donors (Lipinski definition) is 4. The van der Waals surface area contributed by atoms with Gasteiger partial charge in [0.15, 0.2) is 0 Å². The Hall–Kier alpha value is -0.650. The van der Waals surface area contributed by atoms with Crippen molar-refractivity contribution in [2.75, 3.05) is 13.6 Å². The van der Waals surface area contributed by atoms with Gasteiger partial charge >= 0.3 is 0 Å². The SMILES string of the molecule is CNCC(N)=O.NN. The minimum Gasteiger partial charge on any atom is -0.369 e. The molecule has 0 unspecified atom stereocenters. The molecule has 0 bridgehead atoms. The minimum atomic E-state index is -0.322. The lowest BCUT2D eigenvalue weighted by Crippen LogP contribution is -2.25. The molecule has 5 nitrogen and oxygen atoms in total. The van der Waals surface area contributed by atoms with E-state index in [2.05, 4.69) is 17.0 Å². The van der Waals surface area contributed by atoms with Crippen molar-refractivity contribution < 1.29 is 4.79 Å². The number of carbonyl (C=O) groups excluding carboxylic acids is 1. The van der Waals surface area contributed by atoms with Gasteiger partial charge < -0.3 is 11.1 Å². The van der Waals surface area contributed by atoms with Gasteiger partial charge in [0.25, 0.3) is 0 Å². The van der Waals surface area contributed by atoms with Crippen molar-refractivity contribution in [3.05, 3.63) is 0 Å². The lowest BCUT2D eigenvalue weighted by molar-refractivity contribution is -0.117. The number of amides is 1. The molecule has 0 rings (SSSR count). The van der Waals surface area contributed by atoms with Crippen LogP contribution in [0.3, 0.4) is 0 Å². The van der Waals surface area contributed by atoms with E-state index in [0.717, 1.165) is 0 Å². The molecule has 0 saturated carbocycles. The fraction of sp³-hybridized carbons (Fsp3) is 0.667. The molecule has 0 saturated heterocycles. The number of carbonyl (C=O) groups is 1. The largest absolute Gasteiger partial charge is 0.369 e. The fourth-order valence-corrected chi connectivity index (χ4v) is 0.174. The van der Waals surface area contributed by atoms with E-state index in [1.165, 1.54) is 0 Å². The first-order valence-electron chi connectivity index (χ1n) is 2.03. The molecule has 5 heteroatoms. The summed E-state index contributed by atoms with van der Waals surface area (Å²) in [7, 11) is 1.67. The van der Waals surface area contributed by atoms with Gasteiger partial charge in [-0.05, 0) is 7.05 Å². The third-order valence-corrected chi connectivity index (χ3v) is 0.351. The zero-order valence-electron chi connectivity index (χ0n) is 4.85. The number of hydrogen-bond acceptors (Lipinski definition) is 4. The van der Waals surface area contributed by atoms with Gasteiger partial charge in [0, 0.05) is 0 Å². The average molecular weight is 120 g/mol. The number of rotatable bonds is 2. The van der Waals surface area contributed by atoms with Gasteiger partial charge in [-0.25, -0.2) is 0 Å². The Labute approximate surface area is 48.2 Å². The summed E-state index contributed by atoms with van der Waals surface area (Å²) in [5.41, 5.74) is 4.70. The van der Waals surface area contributed by atoms with Crippen LogP contribution in [0.4, 0.5) is 0 Å².